The molecule has 4 aromatic rings. The van der Waals surface area contributed by atoms with E-state index in [0.717, 1.165) is 24.1 Å². The van der Waals surface area contributed by atoms with E-state index in [2.05, 4.69) is 5.32 Å². The maximum atomic E-state index is 13.5. The Kier molecular flexibility index (Phi) is 8.86. The molecule has 1 N–H and O–H groups in total. The number of carbonyl (C=O) groups is 2. The lowest BCUT2D eigenvalue weighted by Gasteiger charge is -2.25. The third kappa shape index (κ3) is 6.87. The SMILES string of the molecule is COc1ccc(C(=O)N(CC(=O)Nc2nc(-c3ccc(Cl)cc3)cn2-c2cccc(OC)c2)CC2CCCO2)cc1. The number of halogens is 1. The second-order valence-corrected chi connectivity index (χ2v) is 10.1. The summed E-state index contributed by atoms with van der Waals surface area (Å²) in [4.78, 5) is 33.2. The largest absolute Gasteiger partial charge is 0.497 e. The van der Waals surface area contributed by atoms with Crippen LogP contribution in [0.25, 0.3) is 16.9 Å². The number of rotatable bonds is 10. The van der Waals surface area contributed by atoms with E-state index in [-0.39, 0.29) is 24.5 Å². The van der Waals surface area contributed by atoms with Gasteiger partial charge in [-0.25, -0.2) is 4.98 Å². The third-order valence-corrected chi connectivity index (χ3v) is 7.09. The minimum atomic E-state index is -0.387. The number of benzene rings is 3. The molecule has 0 radical (unpaired) electrons. The van der Waals surface area contributed by atoms with Gasteiger partial charge in [0.2, 0.25) is 11.9 Å². The van der Waals surface area contributed by atoms with E-state index in [1.54, 1.807) is 55.2 Å². The monoisotopic (exact) mass is 574 g/mol. The topological polar surface area (TPSA) is 94.9 Å². The van der Waals surface area contributed by atoms with Crippen molar-refractivity contribution in [2.24, 2.45) is 0 Å². The maximum Gasteiger partial charge on any atom is 0.254 e. The van der Waals surface area contributed by atoms with E-state index < -0.39 is 0 Å². The summed E-state index contributed by atoms with van der Waals surface area (Å²) in [6.45, 7) is 0.775. The zero-order chi connectivity index (χ0) is 28.8. The molecule has 1 unspecified atom stereocenters. The molecule has 3 aromatic carbocycles. The van der Waals surface area contributed by atoms with Crippen LogP contribution >= 0.6 is 11.6 Å². The van der Waals surface area contributed by atoms with Gasteiger partial charge < -0.3 is 19.1 Å². The molecule has 0 bridgehead atoms. The molecule has 0 saturated carbocycles. The molecule has 2 heterocycles. The van der Waals surface area contributed by atoms with E-state index in [1.165, 1.54) is 4.90 Å². The van der Waals surface area contributed by atoms with Gasteiger partial charge in [-0.3, -0.25) is 19.5 Å². The first kappa shape index (κ1) is 28.2. The van der Waals surface area contributed by atoms with Gasteiger partial charge in [0.25, 0.3) is 5.91 Å². The predicted molar refractivity (Wildman–Crippen MR) is 157 cm³/mol. The summed E-state index contributed by atoms with van der Waals surface area (Å²) in [5.74, 6) is 0.959. The highest BCUT2D eigenvalue weighted by Gasteiger charge is 2.26. The van der Waals surface area contributed by atoms with Crippen LogP contribution in [0.2, 0.25) is 5.02 Å². The number of anilines is 1. The second-order valence-electron chi connectivity index (χ2n) is 9.63. The van der Waals surface area contributed by atoms with Crippen molar-refractivity contribution >= 4 is 29.4 Å². The van der Waals surface area contributed by atoms with Crippen molar-refractivity contribution in [3.8, 4) is 28.4 Å². The Labute approximate surface area is 243 Å². The van der Waals surface area contributed by atoms with Gasteiger partial charge >= 0.3 is 0 Å². The molecule has 1 fully saturated rings. The molecule has 1 aliphatic rings. The number of hydrogen-bond acceptors (Lipinski definition) is 6. The second kappa shape index (κ2) is 12.9. The van der Waals surface area contributed by atoms with Crippen LogP contribution in [-0.2, 0) is 9.53 Å². The van der Waals surface area contributed by atoms with Gasteiger partial charge in [-0.05, 0) is 61.4 Å². The van der Waals surface area contributed by atoms with Gasteiger partial charge in [0.05, 0.1) is 31.7 Å². The molecule has 1 saturated heterocycles. The first-order chi connectivity index (χ1) is 19.9. The molecule has 212 valence electrons. The predicted octanol–water partition coefficient (Wildman–Crippen LogP) is 5.47. The van der Waals surface area contributed by atoms with Gasteiger partial charge in [-0.2, -0.15) is 0 Å². The van der Waals surface area contributed by atoms with Crippen molar-refractivity contribution in [1.82, 2.24) is 14.5 Å². The van der Waals surface area contributed by atoms with Crippen molar-refractivity contribution in [3.63, 3.8) is 0 Å². The van der Waals surface area contributed by atoms with Crippen molar-refractivity contribution < 1.29 is 23.8 Å². The third-order valence-electron chi connectivity index (χ3n) is 6.84. The highest BCUT2D eigenvalue weighted by molar-refractivity contribution is 6.30. The van der Waals surface area contributed by atoms with Gasteiger partial charge in [0.15, 0.2) is 0 Å². The molecule has 1 atom stereocenters. The van der Waals surface area contributed by atoms with Crippen molar-refractivity contribution in [3.05, 3.63) is 89.6 Å². The van der Waals surface area contributed by atoms with Crippen LogP contribution in [0, 0.1) is 0 Å². The highest BCUT2D eigenvalue weighted by Crippen LogP contribution is 2.27. The fourth-order valence-corrected chi connectivity index (χ4v) is 4.82. The Balaban J connectivity index is 1.42. The summed E-state index contributed by atoms with van der Waals surface area (Å²) in [7, 11) is 3.16. The van der Waals surface area contributed by atoms with Crippen LogP contribution < -0.4 is 14.8 Å². The molecule has 41 heavy (non-hydrogen) atoms. The van der Waals surface area contributed by atoms with Gasteiger partial charge in [0.1, 0.15) is 18.0 Å². The van der Waals surface area contributed by atoms with Crippen molar-refractivity contribution in [2.75, 3.05) is 39.2 Å². The lowest BCUT2D eigenvalue weighted by Crippen LogP contribution is -2.42. The van der Waals surface area contributed by atoms with Crippen LogP contribution in [0.1, 0.15) is 23.2 Å². The molecule has 10 heteroatoms. The number of aromatic nitrogens is 2. The average Bonchev–Trinajstić information content (AvgIpc) is 3.67. The number of methoxy groups -OCH3 is 2. The summed E-state index contributed by atoms with van der Waals surface area (Å²) >= 11 is 6.08. The molecule has 5 rings (SSSR count). The average molecular weight is 575 g/mol. The Morgan fingerprint density at radius 2 is 1.80 bits per heavy atom. The zero-order valence-corrected chi connectivity index (χ0v) is 23.6. The smallest absolute Gasteiger partial charge is 0.254 e. The normalized spacial score (nSPS) is 14.5. The Morgan fingerprint density at radius 1 is 1.05 bits per heavy atom. The molecular formula is C31H31ClN4O5. The Bertz CT molecular complexity index is 1500. The fraction of sp³-hybridized carbons (Fsp3) is 0.258. The fourth-order valence-electron chi connectivity index (χ4n) is 4.69. The highest BCUT2D eigenvalue weighted by atomic mass is 35.5. The van der Waals surface area contributed by atoms with Crippen molar-refractivity contribution in [1.29, 1.82) is 0 Å². The summed E-state index contributed by atoms with van der Waals surface area (Å²) < 4.78 is 18.2. The van der Waals surface area contributed by atoms with E-state index in [0.29, 0.717) is 46.9 Å². The molecular weight excluding hydrogens is 544 g/mol. The number of amides is 2. The lowest BCUT2D eigenvalue weighted by molar-refractivity contribution is -0.117. The Morgan fingerprint density at radius 3 is 2.49 bits per heavy atom. The minimum Gasteiger partial charge on any atom is -0.497 e. The van der Waals surface area contributed by atoms with Crippen LogP contribution in [0.5, 0.6) is 11.5 Å². The van der Waals surface area contributed by atoms with E-state index in [4.69, 9.17) is 30.8 Å². The first-order valence-corrected chi connectivity index (χ1v) is 13.7. The zero-order valence-electron chi connectivity index (χ0n) is 22.9. The quantitative estimate of drug-likeness (QED) is 0.270. The number of ether oxygens (including phenoxy) is 3. The summed E-state index contributed by atoms with van der Waals surface area (Å²) in [5.41, 5.74) is 2.68. The maximum absolute atomic E-state index is 13.5. The van der Waals surface area contributed by atoms with E-state index in [9.17, 15) is 9.59 Å². The molecule has 0 aliphatic carbocycles. The van der Waals surface area contributed by atoms with Crippen molar-refractivity contribution in [2.45, 2.75) is 18.9 Å². The van der Waals surface area contributed by atoms with Crippen LogP contribution in [-0.4, -0.2) is 66.3 Å². The summed E-state index contributed by atoms with van der Waals surface area (Å²) in [5, 5.41) is 3.53. The summed E-state index contributed by atoms with van der Waals surface area (Å²) in [6, 6.07) is 21.6. The van der Waals surface area contributed by atoms with Gasteiger partial charge in [0, 0.05) is 41.6 Å². The van der Waals surface area contributed by atoms with Gasteiger partial charge in [-0.1, -0.05) is 29.8 Å². The standard InChI is InChI=1S/C31H31ClN4O5/c1-39-25-14-10-22(11-15-25)30(38)35(18-27-7-4-16-41-27)20-29(37)34-31-33-28(21-8-12-23(32)13-9-21)19-36(31)24-5-3-6-26(17-24)40-2/h3,5-6,8-15,17,19,27H,4,7,16,18,20H2,1-2H3,(H,33,34,37). The Hall–Kier alpha value is -4.34. The minimum absolute atomic E-state index is 0.125. The number of imidazole rings is 1. The van der Waals surface area contributed by atoms with Crippen LogP contribution in [0.15, 0.2) is 79.0 Å². The van der Waals surface area contributed by atoms with E-state index in [1.807, 2.05) is 42.6 Å². The molecule has 1 aromatic heterocycles. The van der Waals surface area contributed by atoms with Gasteiger partial charge in [-0.15, -0.1) is 0 Å². The molecule has 0 spiro atoms. The molecule has 1 aliphatic heterocycles. The first-order valence-electron chi connectivity index (χ1n) is 13.3. The summed E-state index contributed by atoms with van der Waals surface area (Å²) in [6.07, 6.45) is 3.46. The molecule has 9 nitrogen and oxygen atoms in total. The van der Waals surface area contributed by atoms with Crippen LogP contribution in [0.4, 0.5) is 5.95 Å². The number of nitrogens with one attached hydrogen (secondary N) is 1. The number of nitrogens with zero attached hydrogens (tertiary/aromatic N) is 3. The lowest BCUT2D eigenvalue weighted by atomic mass is 10.1. The van der Waals surface area contributed by atoms with Crippen LogP contribution in [0.3, 0.4) is 0 Å². The number of carbonyl (C=O) groups excluding carboxylic acids is 2. The van der Waals surface area contributed by atoms with E-state index >= 15 is 0 Å². The molecule has 2 amide bonds. The number of hydrogen-bond donors (Lipinski definition) is 1.